The second-order valence-electron chi connectivity index (χ2n) is 5.83. The maximum atomic E-state index is 2.46. The SMILES string of the molecule is CCC(C)C1CC(CC)C(C(C)CC)C1. The molecule has 0 amide bonds. The van der Waals surface area contributed by atoms with Crippen LogP contribution in [-0.4, -0.2) is 0 Å². The molecule has 15 heavy (non-hydrogen) atoms. The molecular weight excluding hydrogens is 180 g/mol. The smallest absolute Gasteiger partial charge is 0.0357 e. The van der Waals surface area contributed by atoms with Crippen LogP contribution in [0.3, 0.4) is 0 Å². The van der Waals surface area contributed by atoms with Gasteiger partial charge in [0.2, 0.25) is 0 Å². The van der Waals surface area contributed by atoms with Gasteiger partial charge in [-0.25, -0.2) is 0 Å². The molecule has 0 spiro atoms. The molecule has 0 aromatic heterocycles. The lowest BCUT2D eigenvalue weighted by Crippen LogP contribution is -2.15. The summed E-state index contributed by atoms with van der Waals surface area (Å²) in [5.74, 6) is 4.98. The molecule has 1 aliphatic rings. The molecule has 0 aliphatic heterocycles. The van der Waals surface area contributed by atoms with Gasteiger partial charge in [-0.1, -0.05) is 53.9 Å². The molecule has 1 rings (SSSR count). The average Bonchev–Trinajstić information content (AvgIpc) is 2.70. The second kappa shape index (κ2) is 5.92. The third-order valence-corrected chi connectivity index (χ3v) is 5.13. The monoisotopic (exact) mass is 210 g/mol. The van der Waals surface area contributed by atoms with Crippen molar-refractivity contribution in [2.24, 2.45) is 29.6 Å². The lowest BCUT2D eigenvalue weighted by molar-refractivity contribution is 0.262. The summed E-state index contributed by atoms with van der Waals surface area (Å²) in [5, 5.41) is 0. The van der Waals surface area contributed by atoms with Crippen LogP contribution >= 0.6 is 0 Å². The van der Waals surface area contributed by atoms with Crippen LogP contribution in [0.4, 0.5) is 0 Å². The fourth-order valence-corrected chi connectivity index (χ4v) is 3.47. The highest BCUT2D eigenvalue weighted by Gasteiger charge is 2.37. The Hall–Kier alpha value is 0. The summed E-state index contributed by atoms with van der Waals surface area (Å²) in [6.45, 7) is 12.0. The summed E-state index contributed by atoms with van der Waals surface area (Å²) in [5.41, 5.74) is 0. The topological polar surface area (TPSA) is 0 Å². The van der Waals surface area contributed by atoms with Crippen LogP contribution < -0.4 is 0 Å². The lowest BCUT2D eigenvalue weighted by atomic mass is 9.82. The summed E-state index contributed by atoms with van der Waals surface area (Å²) in [6, 6.07) is 0. The molecule has 0 bridgehead atoms. The Bertz CT molecular complexity index is 173. The Morgan fingerprint density at radius 3 is 2.00 bits per heavy atom. The summed E-state index contributed by atoms with van der Waals surface area (Å²) in [4.78, 5) is 0. The summed E-state index contributed by atoms with van der Waals surface area (Å²) < 4.78 is 0. The van der Waals surface area contributed by atoms with E-state index in [0.717, 1.165) is 29.6 Å². The molecule has 1 aliphatic carbocycles. The highest BCUT2D eigenvalue weighted by molar-refractivity contribution is 4.87. The van der Waals surface area contributed by atoms with Crippen LogP contribution in [-0.2, 0) is 0 Å². The molecule has 0 N–H and O–H groups in total. The van der Waals surface area contributed by atoms with Crippen LogP contribution in [0.5, 0.6) is 0 Å². The molecular formula is C15H30. The first-order valence-corrected chi connectivity index (χ1v) is 7.13. The molecule has 5 atom stereocenters. The van der Waals surface area contributed by atoms with Gasteiger partial charge in [0, 0.05) is 0 Å². The Morgan fingerprint density at radius 2 is 1.53 bits per heavy atom. The number of hydrogen-bond donors (Lipinski definition) is 0. The van der Waals surface area contributed by atoms with E-state index in [1.54, 1.807) is 0 Å². The minimum atomic E-state index is 0.948. The fourth-order valence-electron chi connectivity index (χ4n) is 3.47. The van der Waals surface area contributed by atoms with Gasteiger partial charge in [0.05, 0.1) is 0 Å². The van der Waals surface area contributed by atoms with Gasteiger partial charge in [0.1, 0.15) is 0 Å². The molecule has 5 unspecified atom stereocenters. The van der Waals surface area contributed by atoms with Crippen LogP contribution in [0, 0.1) is 29.6 Å². The van der Waals surface area contributed by atoms with Gasteiger partial charge in [0.15, 0.2) is 0 Å². The lowest BCUT2D eigenvalue weighted by Gasteiger charge is -2.24. The van der Waals surface area contributed by atoms with Gasteiger partial charge in [-0.05, 0) is 42.4 Å². The van der Waals surface area contributed by atoms with E-state index in [-0.39, 0.29) is 0 Å². The van der Waals surface area contributed by atoms with Crippen LogP contribution in [0.1, 0.15) is 66.7 Å². The normalized spacial score (nSPS) is 35.4. The predicted octanol–water partition coefficient (Wildman–Crippen LogP) is 5.13. The van der Waals surface area contributed by atoms with Crippen LogP contribution in [0.15, 0.2) is 0 Å². The van der Waals surface area contributed by atoms with E-state index in [1.165, 1.54) is 32.1 Å². The van der Waals surface area contributed by atoms with E-state index in [9.17, 15) is 0 Å². The van der Waals surface area contributed by atoms with E-state index >= 15 is 0 Å². The van der Waals surface area contributed by atoms with E-state index in [0.29, 0.717) is 0 Å². The highest BCUT2D eigenvalue weighted by atomic mass is 14.4. The Labute approximate surface area is 96.8 Å². The van der Waals surface area contributed by atoms with Gasteiger partial charge in [-0.15, -0.1) is 0 Å². The predicted molar refractivity (Wildman–Crippen MR) is 68.9 cm³/mol. The second-order valence-corrected chi connectivity index (χ2v) is 5.83. The molecule has 0 heteroatoms. The molecule has 1 fully saturated rings. The van der Waals surface area contributed by atoms with Crippen molar-refractivity contribution in [1.82, 2.24) is 0 Å². The highest BCUT2D eigenvalue weighted by Crippen LogP contribution is 2.46. The molecule has 0 saturated heterocycles. The maximum absolute atomic E-state index is 2.46. The largest absolute Gasteiger partial charge is 0.0651 e. The average molecular weight is 210 g/mol. The van der Waals surface area contributed by atoms with Crippen molar-refractivity contribution in [3.63, 3.8) is 0 Å². The minimum Gasteiger partial charge on any atom is -0.0651 e. The van der Waals surface area contributed by atoms with Crippen LogP contribution in [0.2, 0.25) is 0 Å². The van der Waals surface area contributed by atoms with Crippen molar-refractivity contribution in [3.8, 4) is 0 Å². The molecule has 90 valence electrons. The molecule has 1 saturated carbocycles. The van der Waals surface area contributed by atoms with Crippen molar-refractivity contribution in [2.45, 2.75) is 66.7 Å². The van der Waals surface area contributed by atoms with Crippen molar-refractivity contribution < 1.29 is 0 Å². The van der Waals surface area contributed by atoms with E-state index in [1.807, 2.05) is 0 Å². The first kappa shape index (κ1) is 13.1. The van der Waals surface area contributed by atoms with E-state index in [2.05, 4.69) is 34.6 Å². The van der Waals surface area contributed by atoms with Crippen molar-refractivity contribution in [1.29, 1.82) is 0 Å². The van der Waals surface area contributed by atoms with Gasteiger partial charge < -0.3 is 0 Å². The van der Waals surface area contributed by atoms with Gasteiger partial charge >= 0.3 is 0 Å². The summed E-state index contributed by atoms with van der Waals surface area (Å²) >= 11 is 0. The third kappa shape index (κ3) is 2.98. The minimum absolute atomic E-state index is 0.948. The first-order chi connectivity index (χ1) is 7.13. The zero-order valence-electron chi connectivity index (χ0n) is 11.4. The van der Waals surface area contributed by atoms with Gasteiger partial charge in [-0.2, -0.15) is 0 Å². The molecule has 0 radical (unpaired) electrons. The zero-order valence-corrected chi connectivity index (χ0v) is 11.4. The molecule has 0 aromatic rings. The van der Waals surface area contributed by atoms with E-state index < -0.39 is 0 Å². The summed E-state index contributed by atoms with van der Waals surface area (Å²) in [7, 11) is 0. The zero-order chi connectivity index (χ0) is 11.4. The van der Waals surface area contributed by atoms with Gasteiger partial charge in [-0.3, -0.25) is 0 Å². The Morgan fingerprint density at radius 1 is 0.933 bits per heavy atom. The Balaban J connectivity index is 2.58. The standard InChI is InChI=1S/C15H30/c1-6-11(4)14-9-13(8-3)15(10-14)12(5)7-2/h11-15H,6-10H2,1-5H3. The van der Waals surface area contributed by atoms with Crippen molar-refractivity contribution in [3.05, 3.63) is 0 Å². The quantitative estimate of drug-likeness (QED) is 0.590. The van der Waals surface area contributed by atoms with Crippen molar-refractivity contribution >= 4 is 0 Å². The van der Waals surface area contributed by atoms with E-state index in [4.69, 9.17) is 0 Å². The fraction of sp³-hybridized carbons (Fsp3) is 1.00. The maximum Gasteiger partial charge on any atom is -0.0357 e. The molecule has 0 heterocycles. The van der Waals surface area contributed by atoms with Crippen molar-refractivity contribution in [2.75, 3.05) is 0 Å². The third-order valence-electron chi connectivity index (χ3n) is 5.13. The Kier molecular flexibility index (Phi) is 5.15. The van der Waals surface area contributed by atoms with Crippen LogP contribution in [0.25, 0.3) is 0 Å². The molecule has 0 aromatic carbocycles. The molecule has 0 nitrogen and oxygen atoms in total. The number of rotatable bonds is 5. The summed E-state index contributed by atoms with van der Waals surface area (Å²) in [6.07, 6.45) is 7.17. The van der Waals surface area contributed by atoms with Gasteiger partial charge in [0.25, 0.3) is 0 Å². The number of hydrogen-bond acceptors (Lipinski definition) is 0. The first-order valence-electron chi connectivity index (χ1n) is 7.13.